The van der Waals surface area contributed by atoms with Crippen molar-refractivity contribution in [2.75, 3.05) is 11.9 Å². The van der Waals surface area contributed by atoms with Crippen LogP contribution >= 0.6 is 23.4 Å². The number of aryl methyl sites for hydroxylation is 1. The second-order valence-electron chi connectivity index (χ2n) is 3.18. The molecule has 0 amide bonds. The SMILES string of the molecule is CCNc1ncc(Cl)c(Sc2n[nH]c(C)n2)n1. The standard InChI is InChI=1S/C9H11ClN6S/c1-3-11-8-12-4-6(10)7(14-8)17-9-13-5(2)15-16-9/h4H,3H2,1-2H3,(H,11,12,14)(H,13,15,16). The zero-order valence-electron chi connectivity index (χ0n) is 9.36. The molecular formula is C9H11ClN6S. The van der Waals surface area contributed by atoms with Crippen LogP contribution in [0.5, 0.6) is 0 Å². The van der Waals surface area contributed by atoms with E-state index in [0.29, 0.717) is 21.2 Å². The fraction of sp³-hybridized carbons (Fsp3) is 0.333. The summed E-state index contributed by atoms with van der Waals surface area (Å²) in [6.07, 6.45) is 1.56. The Hall–Kier alpha value is -1.34. The number of aromatic amines is 1. The number of hydrogen-bond acceptors (Lipinski definition) is 6. The molecule has 2 aromatic rings. The average molecular weight is 271 g/mol. The van der Waals surface area contributed by atoms with Crippen molar-refractivity contribution in [3.8, 4) is 0 Å². The highest BCUT2D eigenvalue weighted by molar-refractivity contribution is 7.99. The van der Waals surface area contributed by atoms with E-state index in [1.807, 2.05) is 13.8 Å². The Morgan fingerprint density at radius 1 is 1.47 bits per heavy atom. The third kappa shape index (κ3) is 3.07. The zero-order chi connectivity index (χ0) is 12.3. The lowest BCUT2D eigenvalue weighted by atomic mass is 10.6. The van der Waals surface area contributed by atoms with E-state index in [1.165, 1.54) is 11.8 Å². The molecule has 2 aromatic heterocycles. The summed E-state index contributed by atoms with van der Waals surface area (Å²) < 4.78 is 0. The van der Waals surface area contributed by atoms with Gasteiger partial charge < -0.3 is 5.32 Å². The van der Waals surface area contributed by atoms with E-state index in [0.717, 1.165) is 12.4 Å². The minimum Gasteiger partial charge on any atom is -0.354 e. The summed E-state index contributed by atoms with van der Waals surface area (Å²) in [4.78, 5) is 12.5. The Labute approximate surface area is 108 Å². The number of rotatable bonds is 4. The summed E-state index contributed by atoms with van der Waals surface area (Å²) in [5, 5.41) is 11.5. The predicted octanol–water partition coefficient (Wildman–Crippen LogP) is 2.14. The molecule has 90 valence electrons. The van der Waals surface area contributed by atoms with Crippen LogP contribution in [-0.4, -0.2) is 31.7 Å². The largest absolute Gasteiger partial charge is 0.354 e. The first kappa shape index (κ1) is 12.1. The molecule has 2 rings (SSSR count). The zero-order valence-corrected chi connectivity index (χ0v) is 10.9. The van der Waals surface area contributed by atoms with Gasteiger partial charge in [-0.2, -0.15) is 0 Å². The molecule has 6 nitrogen and oxygen atoms in total. The monoisotopic (exact) mass is 270 g/mol. The van der Waals surface area contributed by atoms with Gasteiger partial charge >= 0.3 is 0 Å². The van der Waals surface area contributed by atoms with Gasteiger partial charge in [0.15, 0.2) is 0 Å². The predicted molar refractivity (Wildman–Crippen MR) is 66.4 cm³/mol. The van der Waals surface area contributed by atoms with Crippen molar-refractivity contribution >= 4 is 29.3 Å². The molecule has 2 N–H and O–H groups in total. The molecule has 2 heterocycles. The number of nitrogens with one attached hydrogen (secondary N) is 2. The maximum Gasteiger partial charge on any atom is 0.223 e. The average Bonchev–Trinajstić information content (AvgIpc) is 2.69. The molecule has 0 atom stereocenters. The lowest BCUT2D eigenvalue weighted by Gasteiger charge is -2.04. The first-order valence-corrected chi connectivity index (χ1v) is 6.21. The number of H-pyrrole nitrogens is 1. The van der Waals surface area contributed by atoms with Crippen molar-refractivity contribution in [3.05, 3.63) is 17.0 Å². The molecule has 0 aliphatic heterocycles. The van der Waals surface area contributed by atoms with Gasteiger partial charge in [0.2, 0.25) is 11.1 Å². The van der Waals surface area contributed by atoms with Crippen LogP contribution < -0.4 is 5.32 Å². The Morgan fingerprint density at radius 3 is 2.94 bits per heavy atom. The molecule has 0 aliphatic carbocycles. The summed E-state index contributed by atoms with van der Waals surface area (Å²) in [5.74, 6) is 1.30. The quantitative estimate of drug-likeness (QED) is 0.829. The molecule has 0 spiro atoms. The number of hydrogen-bond donors (Lipinski definition) is 2. The van der Waals surface area contributed by atoms with E-state index >= 15 is 0 Å². The summed E-state index contributed by atoms with van der Waals surface area (Å²) in [5.41, 5.74) is 0. The van der Waals surface area contributed by atoms with E-state index in [2.05, 4.69) is 30.5 Å². The summed E-state index contributed by atoms with van der Waals surface area (Å²) >= 11 is 7.31. The van der Waals surface area contributed by atoms with Crippen molar-refractivity contribution < 1.29 is 0 Å². The van der Waals surface area contributed by atoms with Crippen LogP contribution in [0.3, 0.4) is 0 Å². The molecule has 0 radical (unpaired) electrons. The van der Waals surface area contributed by atoms with Crippen LogP contribution in [0.15, 0.2) is 16.4 Å². The first-order chi connectivity index (χ1) is 8.19. The highest BCUT2D eigenvalue weighted by atomic mass is 35.5. The van der Waals surface area contributed by atoms with Crippen LogP contribution in [0.1, 0.15) is 12.7 Å². The van der Waals surface area contributed by atoms with Gasteiger partial charge in [-0.15, -0.1) is 5.10 Å². The molecule has 0 bridgehead atoms. The molecule has 0 saturated heterocycles. The Bertz CT molecular complexity index is 514. The molecule has 0 unspecified atom stereocenters. The molecule has 0 saturated carbocycles. The maximum atomic E-state index is 6.01. The van der Waals surface area contributed by atoms with Gasteiger partial charge in [-0.1, -0.05) is 11.6 Å². The molecule has 8 heteroatoms. The fourth-order valence-corrected chi connectivity index (χ4v) is 2.06. The molecule has 0 fully saturated rings. The summed E-state index contributed by atoms with van der Waals surface area (Å²) in [7, 11) is 0. The fourth-order valence-electron chi connectivity index (χ4n) is 1.12. The van der Waals surface area contributed by atoms with E-state index in [-0.39, 0.29) is 0 Å². The van der Waals surface area contributed by atoms with Crippen molar-refractivity contribution in [2.24, 2.45) is 0 Å². The number of halogens is 1. The van der Waals surface area contributed by atoms with Gasteiger partial charge in [0.25, 0.3) is 0 Å². The van der Waals surface area contributed by atoms with Gasteiger partial charge in [-0.3, -0.25) is 5.10 Å². The lowest BCUT2D eigenvalue weighted by molar-refractivity contribution is 0.958. The Morgan fingerprint density at radius 2 is 2.29 bits per heavy atom. The Balaban J connectivity index is 2.22. The highest BCUT2D eigenvalue weighted by Crippen LogP contribution is 2.29. The minimum absolute atomic E-state index is 0.485. The molecule has 17 heavy (non-hydrogen) atoms. The van der Waals surface area contributed by atoms with Crippen molar-refractivity contribution in [2.45, 2.75) is 24.0 Å². The van der Waals surface area contributed by atoms with Gasteiger partial charge in [0, 0.05) is 6.54 Å². The van der Waals surface area contributed by atoms with Crippen molar-refractivity contribution in [1.29, 1.82) is 0 Å². The van der Waals surface area contributed by atoms with Crippen LogP contribution in [0, 0.1) is 6.92 Å². The van der Waals surface area contributed by atoms with E-state index in [9.17, 15) is 0 Å². The molecule has 0 aliphatic rings. The number of nitrogens with zero attached hydrogens (tertiary/aromatic N) is 4. The second kappa shape index (κ2) is 5.33. The van der Waals surface area contributed by atoms with Gasteiger partial charge in [-0.25, -0.2) is 15.0 Å². The first-order valence-electron chi connectivity index (χ1n) is 5.02. The highest BCUT2D eigenvalue weighted by Gasteiger charge is 2.10. The van der Waals surface area contributed by atoms with Crippen LogP contribution in [0.4, 0.5) is 5.95 Å². The van der Waals surface area contributed by atoms with Crippen molar-refractivity contribution in [1.82, 2.24) is 25.1 Å². The minimum atomic E-state index is 0.485. The van der Waals surface area contributed by atoms with Crippen molar-refractivity contribution in [3.63, 3.8) is 0 Å². The third-order valence-corrected chi connectivity index (χ3v) is 3.07. The van der Waals surface area contributed by atoms with Gasteiger partial charge in [0.05, 0.1) is 11.2 Å². The van der Waals surface area contributed by atoms with Gasteiger partial charge in [0.1, 0.15) is 10.9 Å². The van der Waals surface area contributed by atoms with E-state index in [4.69, 9.17) is 11.6 Å². The third-order valence-electron chi connectivity index (χ3n) is 1.81. The lowest BCUT2D eigenvalue weighted by Crippen LogP contribution is -2.02. The summed E-state index contributed by atoms with van der Waals surface area (Å²) in [6, 6.07) is 0. The van der Waals surface area contributed by atoms with Crippen LogP contribution in [-0.2, 0) is 0 Å². The topological polar surface area (TPSA) is 79.4 Å². The number of aromatic nitrogens is 5. The van der Waals surface area contributed by atoms with E-state index in [1.54, 1.807) is 6.20 Å². The summed E-state index contributed by atoms with van der Waals surface area (Å²) in [6.45, 7) is 4.57. The van der Waals surface area contributed by atoms with Crippen LogP contribution in [0.2, 0.25) is 5.02 Å². The van der Waals surface area contributed by atoms with Gasteiger partial charge in [-0.05, 0) is 25.6 Å². The molecular weight excluding hydrogens is 260 g/mol. The normalized spacial score (nSPS) is 10.5. The number of anilines is 1. The second-order valence-corrected chi connectivity index (χ2v) is 4.55. The molecule has 0 aromatic carbocycles. The Kier molecular flexibility index (Phi) is 3.80. The maximum absolute atomic E-state index is 6.01. The van der Waals surface area contributed by atoms with E-state index < -0.39 is 0 Å². The smallest absolute Gasteiger partial charge is 0.223 e. The van der Waals surface area contributed by atoms with Crippen LogP contribution in [0.25, 0.3) is 0 Å².